The van der Waals surface area contributed by atoms with Crippen LogP contribution in [0, 0.1) is 0 Å². The summed E-state index contributed by atoms with van der Waals surface area (Å²) in [6.07, 6.45) is 0. The van der Waals surface area contributed by atoms with Gasteiger partial charge < -0.3 is 9.15 Å². The van der Waals surface area contributed by atoms with Crippen LogP contribution in [-0.2, 0) is 17.8 Å². The summed E-state index contributed by atoms with van der Waals surface area (Å²) >= 11 is 0. The SMILES string of the molecule is COCCN(Cc1ccccc1)Cc1nnc(-c2ccccc2)o1. The van der Waals surface area contributed by atoms with Crippen LogP contribution in [0.15, 0.2) is 65.1 Å². The fourth-order valence-electron chi connectivity index (χ4n) is 2.48. The predicted octanol–water partition coefficient (Wildman–Crippen LogP) is 3.39. The van der Waals surface area contributed by atoms with E-state index >= 15 is 0 Å². The molecule has 0 N–H and O–H groups in total. The maximum atomic E-state index is 5.81. The van der Waals surface area contributed by atoms with Crippen molar-refractivity contribution in [2.45, 2.75) is 13.1 Å². The van der Waals surface area contributed by atoms with Gasteiger partial charge >= 0.3 is 0 Å². The van der Waals surface area contributed by atoms with Crippen LogP contribution >= 0.6 is 0 Å². The van der Waals surface area contributed by atoms with Gasteiger partial charge in [0.05, 0.1) is 13.2 Å². The van der Waals surface area contributed by atoms with E-state index in [2.05, 4.69) is 27.2 Å². The van der Waals surface area contributed by atoms with Crippen molar-refractivity contribution in [3.8, 4) is 11.5 Å². The van der Waals surface area contributed by atoms with Crippen LogP contribution in [-0.4, -0.2) is 35.4 Å². The highest BCUT2D eigenvalue weighted by Gasteiger charge is 2.13. The molecule has 0 fully saturated rings. The first-order chi connectivity index (χ1) is 11.8. The Kier molecular flexibility index (Phi) is 5.71. The third-order valence-corrected chi connectivity index (χ3v) is 3.71. The smallest absolute Gasteiger partial charge is 0.247 e. The predicted molar refractivity (Wildman–Crippen MR) is 92.2 cm³/mol. The molecule has 0 amide bonds. The maximum absolute atomic E-state index is 5.81. The summed E-state index contributed by atoms with van der Waals surface area (Å²) in [7, 11) is 1.71. The molecule has 5 heteroatoms. The van der Waals surface area contributed by atoms with Gasteiger partial charge in [0.25, 0.3) is 0 Å². The van der Waals surface area contributed by atoms with Gasteiger partial charge in [-0.2, -0.15) is 0 Å². The topological polar surface area (TPSA) is 51.4 Å². The first kappa shape index (κ1) is 16.4. The van der Waals surface area contributed by atoms with Crippen LogP contribution in [0.1, 0.15) is 11.5 Å². The normalized spacial score (nSPS) is 11.1. The van der Waals surface area contributed by atoms with Crippen LogP contribution in [0.3, 0.4) is 0 Å². The van der Waals surface area contributed by atoms with E-state index < -0.39 is 0 Å². The zero-order valence-corrected chi connectivity index (χ0v) is 13.8. The van der Waals surface area contributed by atoms with Crippen LogP contribution < -0.4 is 0 Å². The highest BCUT2D eigenvalue weighted by Crippen LogP contribution is 2.18. The first-order valence-corrected chi connectivity index (χ1v) is 7.98. The van der Waals surface area contributed by atoms with E-state index in [0.717, 1.165) is 18.7 Å². The van der Waals surface area contributed by atoms with Crippen molar-refractivity contribution in [2.75, 3.05) is 20.3 Å². The molecule has 0 aliphatic rings. The van der Waals surface area contributed by atoms with Gasteiger partial charge in [-0.05, 0) is 17.7 Å². The van der Waals surface area contributed by atoms with E-state index in [0.29, 0.717) is 24.9 Å². The van der Waals surface area contributed by atoms with Gasteiger partial charge in [-0.1, -0.05) is 48.5 Å². The van der Waals surface area contributed by atoms with Crippen LogP contribution in [0.5, 0.6) is 0 Å². The van der Waals surface area contributed by atoms with Gasteiger partial charge in [0.2, 0.25) is 11.8 Å². The molecule has 24 heavy (non-hydrogen) atoms. The van der Waals surface area contributed by atoms with Crippen molar-refractivity contribution in [1.82, 2.24) is 15.1 Å². The molecule has 124 valence electrons. The summed E-state index contributed by atoms with van der Waals surface area (Å²) in [5.74, 6) is 1.16. The largest absolute Gasteiger partial charge is 0.419 e. The Morgan fingerprint density at radius 3 is 2.33 bits per heavy atom. The van der Waals surface area contributed by atoms with Crippen LogP contribution in [0.2, 0.25) is 0 Å². The number of ether oxygens (including phenoxy) is 1. The molecule has 1 heterocycles. The van der Waals surface area contributed by atoms with Gasteiger partial charge in [0.15, 0.2) is 0 Å². The lowest BCUT2D eigenvalue weighted by atomic mass is 10.2. The van der Waals surface area contributed by atoms with Crippen molar-refractivity contribution in [1.29, 1.82) is 0 Å². The van der Waals surface area contributed by atoms with Gasteiger partial charge in [-0.25, -0.2) is 0 Å². The Hall–Kier alpha value is -2.50. The van der Waals surface area contributed by atoms with Crippen molar-refractivity contribution < 1.29 is 9.15 Å². The summed E-state index contributed by atoms with van der Waals surface area (Å²) in [6.45, 7) is 2.87. The Morgan fingerprint density at radius 2 is 1.62 bits per heavy atom. The second-order valence-corrected chi connectivity index (χ2v) is 5.56. The molecule has 0 aliphatic heterocycles. The summed E-state index contributed by atoms with van der Waals surface area (Å²) in [4.78, 5) is 2.24. The second kappa shape index (κ2) is 8.38. The molecule has 0 unspecified atom stereocenters. The van der Waals surface area contributed by atoms with Crippen LogP contribution in [0.25, 0.3) is 11.5 Å². The fraction of sp³-hybridized carbons (Fsp3) is 0.263. The van der Waals surface area contributed by atoms with Crippen molar-refractivity contribution in [2.24, 2.45) is 0 Å². The molecular weight excluding hydrogens is 302 g/mol. The third-order valence-electron chi connectivity index (χ3n) is 3.71. The quantitative estimate of drug-likeness (QED) is 0.636. The fourth-order valence-corrected chi connectivity index (χ4v) is 2.48. The minimum atomic E-state index is 0.553. The Balaban J connectivity index is 1.69. The van der Waals surface area contributed by atoms with E-state index in [1.165, 1.54) is 5.56 Å². The number of nitrogens with zero attached hydrogens (tertiary/aromatic N) is 3. The van der Waals surface area contributed by atoms with E-state index in [9.17, 15) is 0 Å². The van der Waals surface area contributed by atoms with E-state index in [1.807, 2.05) is 48.5 Å². The van der Waals surface area contributed by atoms with Crippen LogP contribution in [0.4, 0.5) is 0 Å². The lowest BCUT2D eigenvalue weighted by Crippen LogP contribution is -2.26. The number of hydrogen-bond donors (Lipinski definition) is 0. The molecule has 0 aliphatic carbocycles. The average molecular weight is 323 g/mol. The molecule has 2 aromatic carbocycles. The van der Waals surface area contributed by atoms with Gasteiger partial charge in [0, 0.05) is 25.8 Å². The number of aromatic nitrogens is 2. The molecule has 0 spiro atoms. The Labute approximate surface area is 141 Å². The minimum Gasteiger partial charge on any atom is -0.419 e. The van der Waals surface area contributed by atoms with Crippen molar-refractivity contribution in [3.05, 3.63) is 72.1 Å². The Morgan fingerprint density at radius 1 is 0.917 bits per heavy atom. The molecule has 5 nitrogen and oxygen atoms in total. The van der Waals surface area contributed by atoms with Gasteiger partial charge in [-0.3, -0.25) is 4.90 Å². The molecule has 3 rings (SSSR count). The molecule has 0 saturated heterocycles. The monoisotopic (exact) mass is 323 g/mol. The van der Waals surface area contributed by atoms with Crippen molar-refractivity contribution in [3.63, 3.8) is 0 Å². The Bertz CT molecular complexity index is 729. The summed E-state index contributed by atoms with van der Waals surface area (Å²) in [6, 6.07) is 20.1. The molecule has 0 bridgehead atoms. The minimum absolute atomic E-state index is 0.553. The standard InChI is InChI=1S/C19H21N3O2/c1-23-13-12-22(14-16-8-4-2-5-9-16)15-18-20-21-19(24-18)17-10-6-3-7-11-17/h2-11H,12-15H2,1H3. The van der Waals surface area contributed by atoms with Crippen molar-refractivity contribution >= 4 is 0 Å². The van der Waals surface area contributed by atoms with Gasteiger partial charge in [-0.15, -0.1) is 10.2 Å². The van der Waals surface area contributed by atoms with Gasteiger partial charge in [0.1, 0.15) is 0 Å². The van der Waals surface area contributed by atoms with E-state index in [1.54, 1.807) is 7.11 Å². The number of hydrogen-bond acceptors (Lipinski definition) is 5. The second-order valence-electron chi connectivity index (χ2n) is 5.56. The zero-order valence-electron chi connectivity index (χ0n) is 13.8. The van der Waals surface area contributed by atoms with E-state index in [4.69, 9.17) is 9.15 Å². The number of benzene rings is 2. The molecule has 3 aromatic rings. The molecule has 1 aromatic heterocycles. The summed E-state index contributed by atoms with van der Waals surface area (Å²) < 4.78 is 11.0. The molecular formula is C19H21N3O2. The van der Waals surface area contributed by atoms with E-state index in [-0.39, 0.29) is 0 Å². The number of methoxy groups -OCH3 is 1. The summed E-state index contributed by atoms with van der Waals surface area (Å²) in [5.41, 5.74) is 2.18. The lowest BCUT2D eigenvalue weighted by molar-refractivity contribution is 0.134. The molecule has 0 saturated carbocycles. The maximum Gasteiger partial charge on any atom is 0.247 e. The first-order valence-electron chi connectivity index (χ1n) is 7.98. The highest BCUT2D eigenvalue weighted by atomic mass is 16.5. The highest BCUT2D eigenvalue weighted by molar-refractivity contribution is 5.51. The molecule has 0 radical (unpaired) electrons. The summed E-state index contributed by atoms with van der Waals surface area (Å²) in [5, 5.41) is 8.34. The third kappa shape index (κ3) is 4.50. The molecule has 0 atom stereocenters. The number of rotatable bonds is 8. The average Bonchev–Trinajstić information content (AvgIpc) is 3.10. The zero-order chi connectivity index (χ0) is 16.6. The lowest BCUT2D eigenvalue weighted by Gasteiger charge is -2.20.